The van der Waals surface area contributed by atoms with Gasteiger partial charge in [0, 0.05) is 5.69 Å². The average Bonchev–Trinajstić information content (AvgIpc) is 3.36. The van der Waals surface area contributed by atoms with Crippen molar-refractivity contribution in [1.29, 1.82) is 0 Å². The molecule has 0 saturated heterocycles. The van der Waals surface area contributed by atoms with Gasteiger partial charge >= 0.3 is 6.09 Å². The molecule has 2 aromatic heterocycles. The van der Waals surface area contributed by atoms with Crippen LogP contribution in [0.25, 0.3) is 11.6 Å². The predicted octanol–water partition coefficient (Wildman–Crippen LogP) is 5.56. The Hall–Kier alpha value is -3.07. The first kappa shape index (κ1) is 23.6. The summed E-state index contributed by atoms with van der Waals surface area (Å²) in [5.41, 5.74) is 1.19. The number of thioether (sulfide) groups is 1. The Labute approximate surface area is 191 Å². The van der Waals surface area contributed by atoms with Crippen LogP contribution < -0.4 is 5.32 Å². The fourth-order valence-corrected chi connectivity index (χ4v) is 3.63. The van der Waals surface area contributed by atoms with Crippen LogP contribution in [0.3, 0.4) is 0 Å². The first-order valence-corrected chi connectivity index (χ1v) is 11.2. The summed E-state index contributed by atoms with van der Waals surface area (Å²) < 4.78 is 12.1. The van der Waals surface area contributed by atoms with Gasteiger partial charge in [0.05, 0.1) is 11.5 Å². The van der Waals surface area contributed by atoms with Crippen LogP contribution in [-0.2, 0) is 9.53 Å². The van der Waals surface area contributed by atoms with Gasteiger partial charge in [0.1, 0.15) is 5.60 Å². The third-order valence-corrected chi connectivity index (χ3v) is 5.49. The van der Waals surface area contributed by atoms with Gasteiger partial charge in [0.2, 0.25) is 16.9 Å². The van der Waals surface area contributed by atoms with Gasteiger partial charge in [0.25, 0.3) is 0 Å². The maximum atomic E-state index is 12.9. The Morgan fingerprint density at radius 2 is 1.78 bits per heavy atom. The molecule has 3 aromatic rings. The highest BCUT2D eigenvalue weighted by Gasteiger charge is 2.28. The molecular weight excluding hydrogens is 428 g/mol. The van der Waals surface area contributed by atoms with Crippen LogP contribution in [0.1, 0.15) is 53.0 Å². The minimum absolute atomic E-state index is 0.212. The van der Waals surface area contributed by atoms with Crippen molar-refractivity contribution in [2.24, 2.45) is 0 Å². The second-order valence-corrected chi connectivity index (χ2v) is 9.93. The van der Waals surface area contributed by atoms with Gasteiger partial charge in [-0.05, 0) is 63.4 Å². The van der Waals surface area contributed by atoms with Gasteiger partial charge in [-0.2, -0.15) is 0 Å². The van der Waals surface area contributed by atoms with Crippen LogP contribution >= 0.6 is 11.8 Å². The topological polar surface area (TPSA) is 99.2 Å². The summed E-state index contributed by atoms with van der Waals surface area (Å²) in [4.78, 5) is 25.6. The molecule has 0 saturated carbocycles. The van der Waals surface area contributed by atoms with Gasteiger partial charge in [-0.25, -0.2) is 9.36 Å². The fourth-order valence-electron chi connectivity index (χ4n) is 2.79. The van der Waals surface area contributed by atoms with Gasteiger partial charge in [-0.3, -0.25) is 4.79 Å². The van der Waals surface area contributed by atoms with E-state index in [1.54, 1.807) is 39.8 Å². The number of carbonyl (C=O) groups is 2. The number of hydrogen-bond donors (Lipinski definition) is 1. The number of benzene rings is 1. The average molecular weight is 457 g/mol. The SMILES string of the molecule is CC(Sc1nnc(-c2ccco2)n1C(=O)OC(C)(C)C)C(=O)Nc1ccc(C(C)C)cc1. The highest BCUT2D eigenvalue weighted by Crippen LogP contribution is 2.29. The van der Waals surface area contributed by atoms with Crippen LogP contribution in [0.4, 0.5) is 10.5 Å². The number of ether oxygens (including phenoxy) is 1. The monoisotopic (exact) mass is 456 g/mol. The van der Waals surface area contributed by atoms with Crippen LogP contribution in [0.2, 0.25) is 0 Å². The molecule has 0 aliphatic carbocycles. The standard InChI is InChI=1S/C23H28N4O4S/c1-14(2)16-9-11-17(12-10-16)24-20(28)15(3)32-21-26-25-19(18-8-7-13-30-18)27(21)22(29)31-23(4,5)6/h7-15H,1-6H3,(H,24,28). The lowest BCUT2D eigenvalue weighted by Crippen LogP contribution is -2.28. The molecule has 1 aromatic carbocycles. The van der Waals surface area contributed by atoms with Crippen LogP contribution in [0.15, 0.2) is 52.2 Å². The van der Waals surface area contributed by atoms with E-state index in [2.05, 4.69) is 29.4 Å². The van der Waals surface area contributed by atoms with E-state index >= 15 is 0 Å². The minimum Gasteiger partial charge on any atom is -0.461 e. The van der Waals surface area contributed by atoms with Crippen LogP contribution in [-0.4, -0.2) is 37.6 Å². The summed E-state index contributed by atoms with van der Waals surface area (Å²) in [6, 6.07) is 11.1. The number of anilines is 1. The molecule has 3 rings (SSSR count). The molecule has 8 nitrogen and oxygen atoms in total. The Bertz CT molecular complexity index is 1070. The molecule has 2 heterocycles. The van der Waals surface area contributed by atoms with Crippen molar-refractivity contribution >= 4 is 29.4 Å². The van der Waals surface area contributed by atoms with Crippen molar-refractivity contribution in [3.05, 3.63) is 48.2 Å². The number of nitrogens with zero attached hydrogens (tertiary/aromatic N) is 3. The summed E-state index contributed by atoms with van der Waals surface area (Å²) in [5, 5.41) is 10.8. The summed E-state index contributed by atoms with van der Waals surface area (Å²) in [6.45, 7) is 11.3. The van der Waals surface area contributed by atoms with Gasteiger partial charge in [-0.15, -0.1) is 10.2 Å². The molecule has 0 aliphatic heterocycles. The molecule has 0 spiro atoms. The number of rotatable bonds is 6. The van der Waals surface area contributed by atoms with Crippen molar-refractivity contribution in [1.82, 2.24) is 14.8 Å². The molecule has 0 fully saturated rings. The molecular formula is C23H28N4O4S. The number of hydrogen-bond acceptors (Lipinski definition) is 7. The van der Waals surface area contributed by atoms with E-state index in [9.17, 15) is 9.59 Å². The lowest BCUT2D eigenvalue weighted by molar-refractivity contribution is -0.115. The number of nitrogens with one attached hydrogen (secondary N) is 1. The molecule has 0 bridgehead atoms. The van der Waals surface area contributed by atoms with E-state index in [4.69, 9.17) is 9.15 Å². The second-order valence-electron chi connectivity index (χ2n) is 8.63. The molecule has 1 atom stereocenters. The van der Waals surface area contributed by atoms with E-state index < -0.39 is 16.9 Å². The molecule has 9 heteroatoms. The Kier molecular flexibility index (Phi) is 7.08. The van der Waals surface area contributed by atoms with Crippen LogP contribution in [0.5, 0.6) is 0 Å². The zero-order valence-electron chi connectivity index (χ0n) is 19.1. The third-order valence-electron chi connectivity index (χ3n) is 4.45. The highest BCUT2D eigenvalue weighted by atomic mass is 32.2. The number of aromatic nitrogens is 3. The van der Waals surface area contributed by atoms with Crippen molar-refractivity contribution in [2.75, 3.05) is 5.32 Å². The lowest BCUT2D eigenvalue weighted by atomic mass is 10.0. The Morgan fingerprint density at radius 1 is 1.09 bits per heavy atom. The highest BCUT2D eigenvalue weighted by molar-refractivity contribution is 8.00. The van der Waals surface area contributed by atoms with Crippen LogP contribution in [0, 0.1) is 0 Å². The molecule has 170 valence electrons. The fraction of sp³-hybridized carbons (Fsp3) is 0.391. The second kappa shape index (κ2) is 9.60. The van der Waals surface area contributed by atoms with Gasteiger partial charge in [-0.1, -0.05) is 37.7 Å². The van der Waals surface area contributed by atoms with E-state index in [1.807, 2.05) is 24.3 Å². The van der Waals surface area contributed by atoms with Crippen molar-refractivity contribution in [2.45, 2.75) is 63.5 Å². The summed E-state index contributed by atoms with van der Waals surface area (Å²) in [7, 11) is 0. The van der Waals surface area contributed by atoms with Gasteiger partial charge < -0.3 is 14.5 Å². The minimum atomic E-state index is -0.713. The first-order chi connectivity index (χ1) is 15.0. The Balaban J connectivity index is 1.79. The maximum absolute atomic E-state index is 12.9. The maximum Gasteiger partial charge on any atom is 0.422 e. The molecule has 1 N–H and O–H groups in total. The van der Waals surface area contributed by atoms with E-state index in [0.717, 1.165) is 11.8 Å². The van der Waals surface area contributed by atoms with Crippen molar-refractivity contribution in [3.8, 4) is 11.6 Å². The van der Waals surface area contributed by atoms with E-state index in [1.165, 1.54) is 16.4 Å². The Morgan fingerprint density at radius 3 is 2.34 bits per heavy atom. The lowest BCUT2D eigenvalue weighted by Gasteiger charge is -2.20. The molecule has 1 amide bonds. The molecule has 1 unspecified atom stereocenters. The van der Waals surface area contributed by atoms with Gasteiger partial charge in [0.15, 0.2) is 5.76 Å². The summed E-state index contributed by atoms with van der Waals surface area (Å²) in [5.74, 6) is 0.781. The molecule has 32 heavy (non-hydrogen) atoms. The first-order valence-electron chi connectivity index (χ1n) is 10.4. The van der Waals surface area contributed by atoms with Crippen molar-refractivity contribution < 1.29 is 18.7 Å². The summed E-state index contributed by atoms with van der Waals surface area (Å²) >= 11 is 1.11. The normalized spacial score (nSPS) is 12.6. The van der Waals surface area contributed by atoms with E-state index in [-0.39, 0.29) is 16.9 Å². The number of carbonyl (C=O) groups excluding carboxylic acids is 2. The summed E-state index contributed by atoms with van der Waals surface area (Å²) in [6.07, 6.45) is 0.838. The smallest absolute Gasteiger partial charge is 0.422 e. The third kappa shape index (κ3) is 5.79. The molecule has 0 radical (unpaired) electrons. The number of furan rings is 1. The largest absolute Gasteiger partial charge is 0.461 e. The zero-order chi connectivity index (χ0) is 23.5. The zero-order valence-corrected chi connectivity index (χ0v) is 19.9. The molecule has 0 aliphatic rings. The quantitative estimate of drug-likeness (QED) is 0.484. The number of amides is 1. The van der Waals surface area contributed by atoms with Crippen molar-refractivity contribution in [3.63, 3.8) is 0 Å². The van der Waals surface area contributed by atoms with E-state index in [0.29, 0.717) is 17.4 Å². The predicted molar refractivity (Wildman–Crippen MR) is 124 cm³/mol.